The standard InChI is InChI=1S/C11H14BrClN2O/c1-7(14-2)6-15-11(16)8-4-3-5-9(12)10(8)13/h3-5,7,14H,6H2,1-2H3,(H,15,16). The Hall–Kier alpha value is -0.580. The zero-order chi connectivity index (χ0) is 12.1. The van der Waals surface area contributed by atoms with Crippen molar-refractivity contribution in [3.63, 3.8) is 0 Å². The summed E-state index contributed by atoms with van der Waals surface area (Å²) in [6, 6.07) is 5.52. The second-order valence-corrected chi connectivity index (χ2v) is 4.73. The van der Waals surface area contributed by atoms with Crippen LogP contribution in [0.15, 0.2) is 22.7 Å². The zero-order valence-corrected chi connectivity index (χ0v) is 11.5. The third-order valence-electron chi connectivity index (χ3n) is 2.26. The van der Waals surface area contributed by atoms with E-state index in [-0.39, 0.29) is 11.9 Å². The first-order valence-corrected chi connectivity index (χ1v) is 6.12. The van der Waals surface area contributed by atoms with E-state index in [0.29, 0.717) is 17.1 Å². The van der Waals surface area contributed by atoms with Gasteiger partial charge in [0.25, 0.3) is 5.91 Å². The first kappa shape index (κ1) is 13.5. The molecule has 1 atom stereocenters. The van der Waals surface area contributed by atoms with E-state index in [0.717, 1.165) is 4.47 Å². The summed E-state index contributed by atoms with van der Waals surface area (Å²) in [5.41, 5.74) is 0.486. The molecule has 1 aromatic carbocycles. The Kier molecular flexibility index (Phi) is 5.25. The highest BCUT2D eigenvalue weighted by Crippen LogP contribution is 2.25. The molecular weight excluding hydrogens is 291 g/mol. The SMILES string of the molecule is CNC(C)CNC(=O)c1cccc(Br)c1Cl. The van der Waals surface area contributed by atoms with Crippen LogP contribution in [0.2, 0.25) is 5.02 Å². The topological polar surface area (TPSA) is 41.1 Å². The Morgan fingerprint density at radius 1 is 1.56 bits per heavy atom. The third-order valence-corrected chi connectivity index (χ3v) is 3.55. The lowest BCUT2D eigenvalue weighted by molar-refractivity contribution is 0.0950. The number of carbonyl (C=O) groups excluding carboxylic acids is 1. The van der Waals surface area contributed by atoms with Gasteiger partial charge in [-0.15, -0.1) is 0 Å². The van der Waals surface area contributed by atoms with Crippen LogP contribution in [0, 0.1) is 0 Å². The Balaban J connectivity index is 2.70. The first-order valence-electron chi connectivity index (χ1n) is 4.95. The molecule has 88 valence electrons. The Labute approximate surface area is 109 Å². The summed E-state index contributed by atoms with van der Waals surface area (Å²) < 4.78 is 0.725. The smallest absolute Gasteiger partial charge is 0.252 e. The van der Waals surface area contributed by atoms with Crippen LogP contribution in [0.25, 0.3) is 0 Å². The van der Waals surface area contributed by atoms with Crippen molar-refractivity contribution in [3.05, 3.63) is 33.3 Å². The number of nitrogens with one attached hydrogen (secondary N) is 2. The van der Waals surface area contributed by atoms with E-state index < -0.39 is 0 Å². The highest BCUT2D eigenvalue weighted by Gasteiger charge is 2.12. The van der Waals surface area contributed by atoms with Crippen molar-refractivity contribution in [2.24, 2.45) is 0 Å². The molecule has 0 aliphatic carbocycles. The summed E-state index contributed by atoms with van der Waals surface area (Å²) in [5.74, 6) is -0.159. The van der Waals surface area contributed by atoms with Gasteiger partial charge in [0.2, 0.25) is 0 Å². The lowest BCUT2D eigenvalue weighted by atomic mass is 10.2. The van der Waals surface area contributed by atoms with E-state index in [2.05, 4.69) is 26.6 Å². The summed E-state index contributed by atoms with van der Waals surface area (Å²) in [6.07, 6.45) is 0. The fraction of sp³-hybridized carbons (Fsp3) is 0.364. The van der Waals surface area contributed by atoms with Gasteiger partial charge >= 0.3 is 0 Å². The molecule has 3 nitrogen and oxygen atoms in total. The molecule has 0 bridgehead atoms. The van der Waals surface area contributed by atoms with E-state index in [4.69, 9.17) is 11.6 Å². The van der Waals surface area contributed by atoms with Gasteiger partial charge in [0.15, 0.2) is 0 Å². The molecule has 1 unspecified atom stereocenters. The van der Waals surface area contributed by atoms with Crippen molar-refractivity contribution in [1.82, 2.24) is 10.6 Å². The van der Waals surface area contributed by atoms with Crippen molar-refractivity contribution in [1.29, 1.82) is 0 Å². The van der Waals surface area contributed by atoms with Crippen LogP contribution in [0.3, 0.4) is 0 Å². The number of carbonyl (C=O) groups is 1. The van der Waals surface area contributed by atoms with Crippen molar-refractivity contribution in [3.8, 4) is 0 Å². The highest BCUT2D eigenvalue weighted by atomic mass is 79.9. The predicted molar refractivity (Wildman–Crippen MR) is 70.0 cm³/mol. The number of rotatable bonds is 4. The van der Waals surface area contributed by atoms with Crippen molar-refractivity contribution < 1.29 is 4.79 Å². The molecule has 5 heteroatoms. The highest BCUT2D eigenvalue weighted by molar-refractivity contribution is 9.10. The summed E-state index contributed by atoms with van der Waals surface area (Å²) in [6.45, 7) is 2.56. The van der Waals surface area contributed by atoms with Gasteiger partial charge in [-0.05, 0) is 42.0 Å². The molecule has 0 saturated heterocycles. The quantitative estimate of drug-likeness (QED) is 0.897. The van der Waals surface area contributed by atoms with Gasteiger partial charge in [0, 0.05) is 17.1 Å². The minimum atomic E-state index is -0.159. The van der Waals surface area contributed by atoms with Gasteiger partial charge in [-0.2, -0.15) is 0 Å². The van der Waals surface area contributed by atoms with Crippen LogP contribution in [-0.2, 0) is 0 Å². The minimum absolute atomic E-state index is 0.159. The summed E-state index contributed by atoms with van der Waals surface area (Å²) in [4.78, 5) is 11.8. The van der Waals surface area contributed by atoms with Crippen LogP contribution in [0.1, 0.15) is 17.3 Å². The third kappa shape index (κ3) is 3.47. The van der Waals surface area contributed by atoms with Gasteiger partial charge in [0.05, 0.1) is 10.6 Å². The van der Waals surface area contributed by atoms with Crippen LogP contribution in [-0.4, -0.2) is 25.5 Å². The summed E-state index contributed by atoms with van der Waals surface area (Å²) in [5, 5.41) is 6.29. The average Bonchev–Trinajstić information content (AvgIpc) is 2.29. The molecule has 0 heterocycles. The Morgan fingerprint density at radius 3 is 2.88 bits per heavy atom. The number of likely N-dealkylation sites (N-methyl/N-ethyl adjacent to an activating group) is 1. The van der Waals surface area contributed by atoms with Crippen molar-refractivity contribution in [2.75, 3.05) is 13.6 Å². The van der Waals surface area contributed by atoms with Crippen LogP contribution in [0.4, 0.5) is 0 Å². The lowest BCUT2D eigenvalue weighted by Gasteiger charge is -2.12. The predicted octanol–water partition coefficient (Wildman–Crippen LogP) is 2.44. The molecule has 1 amide bonds. The molecule has 0 fully saturated rings. The van der Waals surface area contributed by atoms with Gasteiger partial charge in [-0.25, -0.2) is 0 Å². The summed E-state index contributed by atoms with van der Waals surface area (Å²) in [7, 11) is 1.85. The van der Waals surface area contributed by atoms with Gasteiger partial charge in [0.1, 0.15) is 0 Å². The first-order chi connectivity index (χ1) is 7.56. The molecule has 16 heavy (non-hydrogen) atoms. The fourth-order valence-corrected chi connectivity index (χ4v) is 1.70. The molecule has 0 aromatic heterocycles. The largest absolute Gasteiger partial charge is 0.350 e. The van der Waals surface area contributed by atoms with Gasteiger partial charge in [-0.3, -0.25) is 4.79 Å². The lowest BCUT2D eigenvalue weighted by Crippen LogP contribution is -2.37. The van der Waals surface area contributed by atoms with E-state index in [1.807, 2.05) is 14.0 Å². The molecule has 0 saturated carbocycles. The van der Waals surface area contributed by atoms with E-state index in [1.54, 1.807) is 18.2 Å². The fourth-order valence-electron chi connectivity index (χ4n) is 1.12. The maximum atomic E-state index is 11.8. The molecule has 1 aromatic rings. The number of halogens is 2. The second kappa shape index (κ2) is 6.23. The maximum Gasteiger partial charge on any atom is 0.252 e. The molecule has 1 rings (SSSR count). The van der Waals surface area contributed by atoms with Crippen molar-refractivity contribution in [2.45, 2.75) is 13.0 Å². The molecule has 0 radical (unpaired) electrons. The normalized spacial score (nSPS) is 12.2. The summed E-state index contributed by atoms with van der Waals surface area (Å²) >= 11 is 9.30. The van der Waals surface area contributed by atoms with Gasteiger partial charge < -0.3 is 10.6 Å². The maximum absolute atomic E-state index is 11.8. The number of hydrogen-bond acceptors (Lipinski definition) is 2. The Bertz CT molecular complexity index is 384. The average molecular weight is 306 g/mol. The van der Waals surface area contributed by atoms with Crippen LogP contribution in [0.5, 0.6) is 0 Å². The van der Waals surface area contributed by atoms with Crippen LogP contribution >= 0.6 is 27.5 Å². The van der Waals surface area contributed by atoms with Crippen LogP contribution < -0.4 is 10.6 Å². The molecule has 0 spiro atoms. The van der Waals surface area contributed by atoms with E-state index >= 15 is 0 Å². The monoisotopic (exact) mass is 304 g/mol. The van der Waals surface area contributed by atoms with E-state index in [1.165, 1.54) is 0 Å². The van der Waals surface area contributed by atoms with Gasteiger partial charge in [-0.1, -0.05) is 17.7 Å². The molecular formula is C11H14BrClN2O. The van der Waals surface area contributed by atoms with Crippen molar-refractivity contribution >= 4 is 33.4 Å². The zero-order valence-electron chi connectivity index (χ0n) is 9.18. The second-order valence-electron chi connectivity index (χ2n) is 3.50. The molecule has 0 aliphatic rings. The molecule has 0 aliphatic heterocycles. The number of hydrogen-bond donors (Lipinski definition) is 2. The Morgan fingerprint density at radius 2 is 2.25 bits per heavy atom. The minimum Gasteiger partial charge on any atom is -0.350 e. The molecule has 2 N–H and O–H groups in total. The van der Waals surface area contributed by atoms with E-state index in [9.17, 15) is 4.79 Å². The number of benzene rings is 1. The number of amides is 1.